The van der Waals surface area contributed by atoms with Crippen molar-refractivity contribution in [3.63, 3.8) is 0 Å². The third kappa shape index (κ3) is 10.8. The molecule has 0 radical (unpaired) electrons. The summed E-state index contributed by atoms with van der Waals surface area (Å²) in [7, 11) is 0. The molecule has 1 rings (SSSR count). The maximum atomic E-state index is 12.9. The molecule has 0 aliphatic carbocycles. The number of halogens is 2. The lowest BCUT2D eigenvalue weighted by atomic mass is 10.0. The fraction of sp³-hybridized carbons (Fsp3) is 0.810. The Balaban J connectivity index is 2.70. The number of hydrazine groups is 1. The van der Waals surface area contributed by atoms with Crippen LogP contribution in [0.4, 0.5) is 4.79 Å². The number of carbonyl (C=O) groups is 4. The number of nitrogens with zero attached hydrogens (tertiary/aromatic N) is 1. The molecule has 33 heavy (non-hydrogen) atoms. The topological polar surface area (TPSA) is 126 Å². The van der Waals surface area contributed by atoms with E-state index in [0.29, 0.717) is 19.4 Å². The van der Waals surface area contributed by atoms with Gasteiger partial charge in [-0.2, -0.15) is 0 Å². The molecule has 0 spiro atoms. The molecule has 10 nitrogen and oxygen atoms in total. The first kappa shape index (κ1) is 29.3. The van der Waals surface area contributed by atoms with E-state index in [-0.39, 0.29) is 12.5 Å². The van der Waals surface area contributed by atoms with Crippen LogP contribution in [0.25, 0.3) is 0 Å². The lowest BCUT2D eigenvalue weighted by Crippen LogP contribution is -2.61. The molecule has 3 N–H and O–H groups in total. The molecule has 0 aromatic carbocycles. The molecule has 12 heteroatoms. The first-order valence-electron chi connectivity index (χ1n) is 10.9. The van der Waals surface area contributed by atoms with Gasteiger partial charge in [-0.1, -0.05) is 37.0 Å². The van der Waals surface area contributed by atoms with Gasteiger partial charge in [0.05, 0.1) is 0 Å². The van der Waals surface area contributed by atoms with E-state index >= 15 is 0 Å². The Morgan fingerprint density at radius 2 is 1.70 bits per heavy atom. The Morgan fingerprint density at radius 3 is 2.21 bits per heavy atom. The predicted molar refractivity (Wildman–Crippen MR) is 125 cm³/mol. The van der Waals surface area contributed by atoms with Crippen LogP contribution in [-0.4, -0.2) is 70.1 Å². The first-order chi connectivity index (χ1) is 15.0. The maximum absolute atomic E-state index is 12.9. The second-order valence-corrected chi connectivity index (χ2v) is 11.5. The van der Waals surface area contributed by atoms with Crippen LogP contribution in [0.5, 0.6) is 0 Å². The number of esters is 1. The molecule has 1 aliphatic rings. The smallest absolute Gasteiger partial charge is 0.408 e. The van der Waals surface area contributed by atoms with Gasteiger partial charge in [0.1, 0.15) is 34.7 Å². The first-order valence-corrected chi connectivity index (χ1v) is 11.7. The Bertz CT molecular complexity index is 721. The molecule has 0 aromatic rings. The molecule has 0 bridgehead atoms. The summed E-state index contributed by atoms with van der Waals surface area (Å²) in [6.45, 7) is 11.9. The fourth-order valence-corrected chi connectivity index (χ4v) is 3.09. The summed E-state index contributed by atoms with van der Waals surface area (Å²) in [5, 5.41) is 6.46. The van der Waals surface area contributed by atoms with Gasteiger partial charge in [0, 0.05) is 6.54 Å². The number of carbonyl (C=O) groups excluding carboxylic acids is 4. The van der Waals surface area contributed by atoms with E-state index < -0.39 is 51.9 Å². The molecular formula is C21H36Cl2N4O6. The number of alkyl halides is 2. The van der Waals surface area contributed by atoms with Crippen LogP contribution < -0.4 is 16.1 Å². The average Bonchev–Trinajstić information content (AvgIpc) is 2.67. The van der Waals surface area contributed by atoms with Gasteiger partial charge < -0.3 is 20.1 Å². The molecule has 1 fully saturated rings. The molecule has 3 amide bonds. The van der Waals surface area contributed by atoms with Crippen molar-refractivity contribution in [2.75, 3.05) is 13.2 Å². The highest BCUT2D eigenvalue weighted by molar-refractivity contribution is 6.48. The molecule has 0 saturated carbocycles. The number of alkyl carbamates (subject to hydrolysis) is 1. The molecule has 190 valence electrons. The quantitative estimate of drug-likeness (QED) is 0.337. The second-order valence-electron chi connectivity index (χ2n) is 9.59. The van der Waals surface area contributed by atoms with Crippen molar-refractivity contribution in [2.45, 2.75) is 89.4 Å². The Hall–Kier alpha value is -1.78. The van der Waals surface area contributed by atoms with Gasteiger partial charge in [0.15, 0.2) is 0 Å². The number of rotatable bonds is 8. The van der Waals surface area contributed by atoms with E-state index in [1.807, 2.05) is 0 Å². The van der Waals surface area contributed by atoms with Gasteiger partial charge in [-0.25, -0.2) is 10.2 Å². The van der Waals surface area contributed by atoms with Gasteiger partial charge in [-0.15, -0.1) is 0 Å². The molecule has 0 unspecified atom stereocenters. The molecule has 0 aromatic heterocycles. The molecular weight excluding hydrogens is 475 g/mol. The van der Waals surface area contributed by atoms with Crippen molar-refractivity contribution in [1.82, 2.24) is 21.1 Å². The van der Waals surface area contributed by atoms with Crippen LogP contribution in [0.15, 0.2) is 0 Å². The molecule has 1 heterocycles. The summed E-state index contributed by atoms with van der Waals surface area (Å²) in [5.41, 5.74) is 2.12. The van der Waals surface area contributed by atoms with Crippen LogP contribution in [0.3, 0.4) is 0 Å². The number of nitrogens with one attached hydrogen (secondary N) is 3. The highest BCUT2D eigenvalue weighted by atomic mass is 35.5. The zero-order valence-corrected chi connectivity index (χ0v) is 21.8. The van der Waals surface area contributed by atoms with Gasteiger partial charge in [0.25, 0.3) is 5.91 Å². The fourth-order valence-electron chi connectivity index (χ4n) is 2.98. The predicted octanol–water partition coefficient (Wildman–Crippen LogP) is 2.27. The van der Waals surface area contributed by atoms with Gasteiger partial charge in [-0.3, -0.25) is 19.4 Å². The minimum Gasteiger partial charge on any atom is -0.461 e. The van der Waals surface area contributed by atoms with Crippen LogP contribution in [-0.2, 0) is 23.9 Å². The molecule has 1 aliphatic heterocycles. The van der Waals surface area contributed by atoms with E-state index in [1.165, 1.54) is 18.9 Å². The number of ether oxygens (including phenoxy) is 2. The standard InChI is InChI=1S/C21H36Cl2N4O6/c1-12(2)15(25-19(31)33-20(4,5)6)16(28)24-13(3)17(29)27-10-8-9-14(26-27)18(30)32-11-21(7,22)23/h12-15,26H,8-11H2,1-7H3,(H,24,28)(H,25,31)/t13-,14-,15-/m0/s1. The maximum Gasteiger partial charge on any atom is 0.408 e. The van der Waals surface area contributed by atoms with E-state index in [4.69, 9.17) is 32.7 Å². The molecule has 1 saturated heterocycles. The molecule has 3 atom stereocenters. The van der Waals surface area contributed by atoms with Crippen molar-refractivity contribution in [3.8, 4) is 0 Å². The summed E-state index contributed by atoms with van der Waals surface area (Å²) >= 11 is 11.6. The van der Waals surface area contributed by atoms with Crippen molar-refractivity contribution >= 4 is 47.1 Å². The minimum atomic E-state index is -1.21. The Morgan fingerprint density at radius 1 is 1.09 bits per heavy atom. The third-order valence-electron chi connectivity index (χ3n) is 4.56. The van der Waals surface area contributed by atoms with Crippen LogP contribution in [0.2, 0.25) is 0 Å². The van der Waals surface area contributed by atoms with Crippen LogP contribution in [0.1, 0.15) is 61.3 Å². The number of hydrogen-bond donors (Lipinski definition) is 3. The number of amides is 3. The summed E-state index contributed by atoms with van der Waals surface area (Å²) < 4.78 is 9.11. The zero-order valence-electron chi connectivity index (χ0n) is 20.3. The summed E-state index contributed by atoms with van der Waals surface area (Å²) in [6, 6.07) is -2.54. The lowest BCUT2D eigenvalue weighted by molar-refractivity contribution is -0.153. The Labute approximate surface area is 205 Å². The second kappa shape index (κ2) is 12.1. The van der Waals surface area contributed by atoms with Gasteiger partial charge >= 0.3 is 12.1 Å². The van der Waals surface area contributed by atoms with Crippen molar-refractivity contribution in [1.29, 1.82) is 0 Å². The SMILES string of the molecule is CC(C)[C@H](NC(=O)OC(C)(C)C)C(=O)N[C@@H](C)C(=O)N1CCC[C@@H](C(=O)OCC(C)(Cl)Cl)N1. The van der Waals surface area contributed by atoms with Crippen molar-refractivity contribution in [3.05, 3.63) is 0 Å². The monoisotopic (exact) mass is 510 g/mol. The largest absolute Gasteiger partial charge is 0.461 e. The summed E-state index contributed by atoms with van der Waals surface area (Å²) in [4.78, 5) is 50.0. The lowest BCUT2D eigenvalue weighted by Gasteiger charge is -2.35. The zero-order chi connectivity index (χ0) is 25.6. The van der Waals surface area contributed by atoms with E-state index in [0.717, 1.165) is 0 Å². The van der Waals surface area contributed by atoms with E-state index in [1.54, 1.807) is 34.6 Å². The summed E-state index contributed by atoms with van der Waals surface area (Å²) in [6.07, 6.45) is 0.312. The van der Waals surface area contributed by atoms with Crippen molar-refractivity contribution in [2.24, 2.45) is 5.92 Å². The highest BCUT2D eigenvalue weighted by Crippen LogP contribution is 2.20. The van der Waals surface area contributed by atoms with E-state index in [2.05, 4.69) is 16.1 Å². The minimum absolute atomic E-state index is 0.186. The van der Waals surface area contributed by atoms with Gasteiger partial charge in [-0.05, 0) is 53.4 Å². The van der Waals surface area contributed by atoms with E-state index in [9.17, 15) is 19.2 Å². The Kier molecular flexibility index (Phi) is 10.7. The van der Waals surface area contributed by atoms with Gasteiger partial charge in [0.2, 0.25) is 5.91 Å². The highest BCUT2D eigenvalue weighted by Gasteiger charge is 2.34. The average molecular weight is 511 g/mol. The van der Waals surface area contributed by atoms with Crippen LogP contribution in [0, 0.1) is 5.92 Å². The normalized spacial score (nSPS) is 18.8. The third-order valence-corrected chi connectivity index (χ3v) is 4.77. The number of hydrogen-bond acceptors (Lipinski definition) is 7. The van der Waals surface area contributed by atoms with Crippen LogP contribution >= 0.6 is 23.2 Å². The van der Waals surface area contributed by atoms with Crippen molar-refractivity contribution < 1.29 is 28.7 Å². The summed E-state index contributed by atoms with van der Waals surface area (Å²) in [5.74, 6) is -1.77.